The van der Waals surface area contributed by atoms with E-state index in [2.05, 4.69) is 15.3 Å². The molecule has 128 valence electrons. The summed E-state index contributed by atoms with van der Waals surface area (Å²) in [4.78, 5) is 8.28. The molecule has 2 aromatic carbocycles. The van der Waals surface area contributed by atoms with Gasteiger partial charge in [-0.3, -0.25) is 0 Å². The first-order valence-corrected chi connectivity index (χ1v) is 6.70. The minimum atomic E-state index is -0.498. The highest BCUT2D eigenvalue weighted by Gasteiger charge is 2.10. The van der Waals surface area contributed by atoms with Gasteiger partial charge >= 0.3 is 0 Å². The fraction of sp³-hybridized carbons (Fsp3) is 0.0667. The van der Waals surface area contributed by atoms with Crippen molar-refractivity contribution in [1.82, 2.24) is 9.97 Å². The summed E-state index contributed by atoms with van der Waals surface area (Å²) in [6.07, 6.45) is 1.38. The summed E-state index contributed by atoms with van der Waals surface area (Å²) < 4.78 is 18.2. The fourth-order valence-electron chi connectivity index (χ4n) is 2.05. The third-order valence-electron chi connectivity index (χ3n) is 3.12. The number of hydrogen-bond donors (Lipinski definition) is 2. The lowest BCUT2D eigenvalue weighted by Gasteiger charge is -2.10. The number of phenols is 1. The van der Waals surface area contributed by atoms with Crippen LogP contribution in [0.2, 0.25) is 5.02 Å². The van der Waals surface area contributed by atoms with Gasteiger partial charge in [0.1, 0.15) is 18.0 Å². The molecule has 0 fully saturated rings. The summed E-state index contributed by atoms with van der Waals surface area (Å²) in [6, 6.07) is 7.36. The Bertz CT molecular complexity index is 865. The molecule has 0 aliphatic rings. The van der Waals surface area contributed by atoms with Crippen LogP contribution in [-0.4, -0.2) is 27.7 Å². The summed E-state index contributed by atoms with van der Waals surface area (Å²) >= 11 is 5.76. The monoisotopic (exact) mass is 373 g/mol. The zero-order chi connectivity index (χ0) is 15.7. The number of nitrogens with zero attached hydrogens (tertiary/aromatic N) is 2. The Morgan fingerprint density at radius 3 is 2.62 bits per heavy atom. The average molecular weight is 374 g/mol. The molecule has 0 saturated heterocycles. The first kappa shape index (κ1) is 19.7. The van der Waals surface area contributed by atoms with E-state index in [0.29, 0.717) is 28.2 Å². The number of halogens is 3. The number of aromatic hydroxyl groups is 1. The van der Waals surface area contributed by atoms with Gasteiger partial charge in [0.25, 0.3) is 0 Å². The second-order valence-corrected chi connectivity index (χ2v) is 4.92. The molecule has 0 bridgehead atoms. The van der Waals surface area contributed by atoms with Crippen LogP contribution in [0.15, 0.2) is 36.7 Å². The number of aromatic nitrogens is 2. The smallest absolute Gasteiger partial charge is 0.162 e. The molecule has 0 amide bonds. The van der Waals surface area contributed by atoms with Gasteiger partial charge < -0.3 is 20.6 Å². The number of benzene rings is 2. The zero-order valence-electron chi connectivity index (χ0n) is 12.4. The molecule has 0 radical (unpaired) electrons. The van der Waals surface area contributed by atoms with Crippen LogP contribution in [0.1, 0.15) is 0 Å². The molecule has 0 unspecified atom stereocenters. The van der Waals surface area contributed by atoms with E-state index in [-0.39, 0.29) is 28.7 Å². The van der Waals surface area contributed by atoms with Gasteiger partial charge in [0.15, 0.2) is 11.5 Å². The van der Waals surface area contributed by atoms with Crippen LogP contribution in [0.25, 0.3) is 10.9 Å². The average Bonchev–Trinajstić information content (AvgIpc) is 2.51. The molecular formula is C15H14Cl2FN3O3. The first-order valence-electron chi connectivity index (χ1n) is 6.32. The second-order valence-electron chi connectivity index (χ2n) is 4.52. The molecule has 6 nitrogen and oxygen atoms in total. The predicted octanol–water partition coefficient (Wildman–Crippen LogP) is 3.48. The van der Waals surface area contributed by atoms with Crippen LogP contribution in [-0.2, 0) is 0 Å². The topological polar surface area (TPSA) is 98.8 Å². The van der Waals surface area contributed by atoms with Gasteiger partial charge in [0, 0.05) is 17.1 Å². The summed E-state index contributed by atoms with van der Waals surface area (Å²) in [5.41, 5.74) is 1.17. The van der Waals surface area contributed by atoms with Crippen molar-refractivity contribution in [2.75, 3.05) is 12.4 Å². The lowest BCUT2D eigenvalue weighted by Crippen LogP contribution is -1.97. The van der Waals surface area contributed by atoms with Gasteiger partial charge in [-0.1, -0.05) is 11.6 Å². The predicted molar refractivity (Wildman–Crippen MR) is 93.3 cm³/mol. The van der Waals surface area contributed by atoms with Crippen molar-refractivity contribution in [2.45, 2.75) is 0 Å². The maximum Gasteiger partial charge on any atom is 0.162 e. The molecule has 0 aliphatic heterocycles. The molecule has 0 atom stereocenters. The maximum absolute atomic E-state index is 13.2. The van der Waals surface area contributed by atoms with E-state index < -0.39 is 5.82 Å². The van der Waals surface area contributed by atoms with Gasteiger partial charge in [0.05, 0.1) is 17.6 Å². The van der Waals surface area contributed by atoms with Crippen LogP contribution in [0.4, 0.5) is 15.9 Å². The Balaban J connectivity index is 0.00000144. The SMILES string of the molecule is COc1cc2ncnc(Nc3ccc(F)c(Cl)c3)c2cc1O.Cl.O. The van der Waals surface area contributed by atoms with E-state index in [9.17, 15) is 9.50 Å². The molecule has 9 heteroatoms. The van der Waals surface area contributed by atoms with Crippen LogP contribution in [0.3, 0.4) is 0 Å². The van der Waals surface area contributed by atoms with Gasteiger partial charge in [-0.05, 0) is 24.3 Å². The summed E-state index contributed by atoms with van der Waals surface area (Å²) in [7, 11) is 1.46. The van der Waals surface area contributed by atoms with Gasteiger partial charge in [-0.15, -0.1) is 12.4 Å². The van der Waals surface area contributed by atoms with E-state index in [4.69, 9.17) is 16.3 Å². The summed E-state index contributed by atoms with van der Waals surface area (Å²) in [5, 5.41) is 13.5. The minimum absolute atomic E-state index is 0. The first-order chi connectivity index (χ1) is 10.6. The van der Waals surface area contributed by atoms with E-state index in [0.717, 1.165) is 0 Å². The Morgan fingerprint density at radius 2 is 1.96 bits per heavy atom. The number of anilines is 2. The zero-order valence-corrected chi connectivity index (χ0v) is 14.0. The number of ether oxygens (including phenoxy) is 1. The molecule has 3 rings (SSSR count). The van der Waals surface area contributed by atoms with Crippen molar-refractivity contribution in [3.8, 4) is 11.5 Å². The van der Waals surface area contributed by atoms with Crippen molar-refractivity contribution < 1.29 is 19.7 Å². The van der Waals surface area contributed by atoms with Crippen molar-refractivity contribution in [2.24, 2.45) is 0 Å². The summed E-state index contributed by atoms with van der Waals surface area (Å²) in [5.74, 6) is 0.264. The molecule has 1 aromatic heterocycles. The molecule has 3 aromatic rings. The van der Waals surface area contributed by atoms with E-state index in [1.165, 1.54) is 31.6 Å². The number of phenolic OH excluding ortho intramolecular Hbond substituents is 1. The van der Waals surface area contributed by atoms with Crippen LogP contribution < -0.4 is 10.1 Å². The Morgan fingerprint density at radius 1 is 1.21 bits per heavy atom. The molecule has 1 heterocycles. The number of nitrogens with one attached hydrogen (secondary N) is 1. The van der Waals surface area contributed by atoms with E-state index in [1.54, 1.807) is 12.1 Å². The van der Waals surface area contributed by atoms with Crippen molar-refractivity contribution in [1.29, 1.82) is 0 Å². The lowest BCUT2D eigenvalue weighted by atomic mass is 10.2. The molecule has 0 aliphatic carbocycles. The summed E-state index contributed by atoms with van der Waals surface area (Å²) in [6.45, 7) is 0. The number of methoxy groups -OCH3 is 1. The second kappa shape index (κ2) is 7.96. The van der Waals surface area contributed by atoms with Gasteiger partial charge in [0.2, 0.25) is 0 Å². The van der Waals surface area contributed by atoms with Gasteiger partial charge in [-0.2, -0.15) is 0 Å². The number of hydrogen-bond acceptors (Lipinski definition) is 5. The number of rotatable bonds is 3. The molecule has 0 saturated carbocycles. The van der Waals surface area contributed by atoms with Crippen LogP contribution in [0.5, 0.6) is 11.5 Å². The lowest BCUT2D eigenvalue weighted by molar-refractivity contribution is 0.374. The van der Waals surface area contributed by atoms with Crippen LogP contribution >= 0.6 is 24.0 Å². The maximum atomic E-state index is 13.2. The quantitative estimate of drug-likeness (QED) is 0.731. The van der Waals surface area contributed by atoms with Gasteiger partial charge in [-0.25, -0.2) is 14.4 Å². The highest BCUT2D eigenvalue weighted by molar-refractivity contribution is 6.31. The minimum Gasteiger partial charge on any atom is -0.504 e. The molecule has 0 spiro atoms. The van der Waals surface area contributed by atoms with Crippen molar-refractivity contribution >= 4 is 46.4 Å². The standard InChI is InChI=1S/C15H11ClFN3O2.ClH.H2O/c1-22-14-6-12-9(5-13(14)21)15(19-7-18-12)20-8-2-3-11(17)10(16)4-8;;/h2-7,21H,1H3,(H,18,19,20);1H;1H2. The van der Waals surface area contributed by atoms with Crippen molar-refractivity contribution in [3.05, 3.63) is 47.5 Å². The highest BCUT2D eigenvalue weighted by Crippen LogP contribution is 2.33. The molecule has 24 heavy (non-hydrogen) atoms. The third kappa shape index (κ3) is 3.76. The Kier molecular flexibility index (Phi) is 6.53. The Labute approximate surface area is 148 Å². The normalized spacial score (nSPS) is 9.79. The molecular weight excluding hydrogens is 360 g/mol. The molecule has 4 N–H and O–H groups in total. The third-order valence-corrected chi connectivity index (χ3v) is 3.41. The Hall–Kier alpha value is -2.35. The van der Waals surface area contributed by atoms with E-state index in [1.807, 2.05) is 0 Å². The fourth-order valence-corrected chi connectivity index (χ4v) is 2.23. The van der Waals surface area contributed by atoms with E-state index >= 15 is 0 Å². The highest BCUT2D eigenvalue weighted by atomic mass is 35.5. The number of fused-ring (bicyclic) bond motifs is 1. The largest absolute Gasteiger partial charge is 0.504 e. The van der Waals surface area contributed by atoms with Crippen molar-refractivity contribution in [3.63, 3.8) is 0 Å². The van der Waals surface area contributed by atoms with Crippen LogP contribution in [0, 0.1) is 5.82 Å².